The molecule has 5 fully saturated rings. The van der Waals surface area contributed by atoms with Gasteiger partial charge in [0, 0.05) is 10.8 Å². The van der Waals surface area contributed by atoms with Crippen molar-refractivity contribution in [3.63, 3.8) is 0 Å². The smallest absolute Gasteiger partial charge is 0.0944 e. The Kier molecular flexibility index (Phi) is 6.57. The standard InChI is InChI=1S/C30H52O7/c1-25-10-8-19-26(2,11-9-22(34)28(19,4)15-31)18(25)6-7-20-27(3)13-17(33)24(36)29(5,16-32)21(27)12-23(35)30(20,37)14-25/h17-24,31-37H,6-16H2,1-5H3. The predicted molar refractivity (Wildman–Crippen MR) is 139 cm³/mol. The lowest BCUT2D eigenvalue weighted by Crippen LogP contribution is -2.70. The van der Waals surface area contributed by atoms with E-state index in [2.05, 4.69) is 20.8 Å². The summed E-state index contributed by atoms with van der Waals surface area (Å²) in [7, 11) is 0. The highest BCUT2D eigenvalue weighted by atomic mass is 16.3. The molecule has 0 bridgehead atoms. The Labute approximate surface area is 222 Å². The number of hydrogen-bond donors (Lipinski definition) is 7. The molecule has 37 heavy (non-hydrogen) atoms. The van der Waals surface area contributed by atoms with E-state index < -0.39 is 46.3 Å². The van der Waals surface area contributed by atoms with Crippen LogP contribution in [0, 0.1) is 50.7 Å². The lowest BCUT2D eigenvalue weighted by Gasteiger charge is -2.66. The normalized spacial score (nSPS) is 61.9. The zero-order valence-electron chi connectivity index (χ0n) is 23.5. The van der Waals surface area contributed by atoms with Crippen LogP contribution in [0.5, 0.6) is 0 Å². The van der Waals surface area contributed by atoms with Crippen molar-refractivity contribution < 1.29 is 35.7 Å². The lowest BCUT2D eigenvalue weighted by atomic mass is 9.41. The monoisotopic (exact) mass is 524 g/mol. The van der Waals surface area contributed by atoms with Gasteiger partial charge in [0.2, 0.25) is 0 Å². The van der Waals surface area contributed by atoms with E-state index in [1.54, 1.807) is 0 Å². The summed E-state index contributed by atoms with van der Waals surface area (Å²) in [6.07, 6.45) is 2.40. The van der Waals surface area contributed by atoms with Crippen molar-refractivity contribution in [3.8, 4) is 0 Å². The van der Waals surface area contributed by atoms with Crippen LogP contribution >= 0.6 is 0 Å². The Morgan fingerprint density at radius 1 is 0.649 bits per heavy atom. The Hall–Kier alpha value is -0.280. The quantitative estimate of drug-likeness (QED) is 0.294. The van der Waals surface area contributed by atoms with E-state index in [4.69, 9.17) is 0 Å². The Bertz CT molecular complexity index is 899. The summed E-state index contributed by atoms with van der Waals surface area (Å²) in [4.78, 5) is 0. The van der Waals surface area contributed by atoms with Crippen molar-refractivity contribution in [2.75, 3.05) is 13.2 Å². The summed E-state index contributed by atoms with van der Waals surface area (Å²) in [6, 6.07) is 0. The molecule has 0 spiro atoms. The largest absolute Gasteiger partial charge is 0.396 e. The van der Waals surface area contributed by atoms with E-state index in [1.165, 1.54) is 0 Å². The van der Waals surface area contributed by atoms with Gasteiger partial charge in [0.25, 0.3) is 0 Å². The van der Waals surface area contributed by atoms with Crippen LogP contribution < -0.4 is 0 Å². The maximum absolute atomic E-state index is 12.5. The highest BCUT2D eigenvalue weighted by molar-refractivity contribution is 5.20. The topological polar surface area (TPSA) is 142 Å². The number of rotatable bonds is 2. The number of aliphatic hydroxyl groups excluding tert-OH is 6. The zero-order valence-corrected chi connectivity index (χ0v) is 23.5. The molecule has 5 aliphatic carbocycles. The van der Waals surface area contributed by atoms with Crippen molar-refractivity contribution in [1.82, 2.24) is 0 Å². The summed E-state index contributed by atoms with van der Waals surface area (Å²) in [5.41, 5.74) is -3.67. The molecule has 5 saturated carbocycles. The predicted octanol–water partition coefficient (Wildman–Crippen LogP) is 2.22. The first-order valence-electron chi connectivity index (χ1n) is 14.7. The Morgan fingerprint density at radius 3 is 1.89 bits per heavy atom. The molecule has 0 radical (unpaired) electrons. The highest BCUT2D eigenvalue weighted by Crippen LogP contribution is 2.71. The summed E-state index contributed by atoms with van der Waals surface area (Å²) in [5.74, 6) is -0.0596. The minimum Gasteiger partial charge on any atom is -0.396 e. The van der Waals surface area contributed by atoms with E-state index in [0.717, 1.165) is 25.7 Å². The summed E-state index contributed by atoms with van der Waals surface area (Å²) in [5, 5.41) is 77.8. The van der Waals surface area contributed by atoms with Crippen LogP contribution in [0.2, 0.25) is 0 Å². The molecule has 5 rings (SSSR count). The van der Waals surface area contributed by atoms with Crippen LogP contribution in [-0.2, 0) is 0 Å². The van der Waals surface area contributed by atoms with Crippen molar-refractivity contribution in [2.24, 2.45) is 50.7 Å². The molecule has 0 heterocycles. The molecule has 0 aromatic heterocycles. The fourth-order valence-electron chi connectivity index (χ4n) is 11.8. The second-order valence-electron chi connectivity index (χ2n) is 15.5. The summed E-state index contributed by atoms with van der Waals surface area (Å²) in [6.45, 7) is 10.2. The average Bonchev–Trinajstić information content (AvgIpc) is 2.97. The maximum atomic E-state index is 12.5. The van der Waals surface area contributed by atoms with Crippen molar-refractivity contribution >= 4 is 0 Å². The molecule has 0 aliphatic heterocycles. The molecule has 0 saturated heterocycles. The first-order valence-corrected chi connectivity index (χ1v) is 14.7. The third-order valence-corrected chi connectivity index (χ3v) is 13.8. The van der Waals surface area contributed by atoms with Gasteiger partial charge in [-0.3, -0.25) is 0 Å². The van der Waals surface area contributed by atoms with Gasteiger partial charge in [0.1, 0.15) is 0 Å². The van der Waals surface area contributed by atoms with Crippen molar-refractivity contribution in [1.29, 1.82) is 0 Å². The molecule has 0 amide bonds. The van der Waals surface area contributed by atoms with Gasteiger partial charge in [-0.05, 0) is 97.7 Å². The van der Waals surface area contributed by atoms with Gasteiger partial charge in [0.05, 0.1) is 43.2 Å². The van der Waals surface area contributed by atoms with E-state index in [1.807, 2.05) is 13.8 Å². The maximum Gasteiger partial charge on any atom is 0.0944 e. The van der Waals surface area contributed by atoms with E-state index in [-0.39, 0.29) is 47.7 Å². The molecule has 7 heteroatoms. The van der Waals surface area contributed by atoms with Crippen LogP contribution in [0.1, 0.15) is 92.4 Å². The first-order chi connectivity index (χ1) is 17.1. The molecular weight excluding hydrogens is 472 g/mol. The molecule has 14 unspecified atom stereocenters. The van der Waals surface area contributed by atoms with Gasteiger partial charge < -0.3 is 35.7 Å². The van der Waals surface area contributed by atoms with Gasteiger partial charge >= 0.3 is 0 Å². The molecule has 7 nitrogen and oxygen atoms in total. The van der Waals surface area contributed by atoms with Gasteiger partial charge in [-0.2, -0.15) is 0 Å². The fourth-order valence-corrected chi connectivity index (χ4v) is 11.8. The van der Waals surface area contributed by atoms with Crippen LogP contribution in [0.4, 0.5) is 0 Å². The molecule has 0 aromatic carbocycles. The highest BCUT2D eigenvalue weighted by Gasteiger charge is 2.71. The van der Waals surface area contributed by atoms with Crippen LogP contribution in [-0.4, -0.2) is 79.0 Å². The van der Waals surface area contributed by atoms with Crippen molar-refractivity contribution in [2.45, 2.75) is 122 Å². The Balaban J connectivity index is 1.57. The molecule has 7 N–H and O–H groups in total. The second kappa shape index (κ2) is 8.61. The minimum atomic E-state index is -1.31. The molecular formula is C30H52O7. The van der Waals surface area contributed by atoms with Gasteiger partial charge in [-0.25, -0.2) is 0 Å². The number of aliphatic hydroxyl groups is 7. The zero-order chi connectivity index (χ0) is 27.4. The number of hydrogen-bond acceptors (Lipinski definition) is 7. The van der Waals surface area contributed by atoms with Gasteiger partial charge in [0.15, 0.2) is 0 Å². The first kappa shape index (κ1) is 28.3. The van der Waals surface area contributed by atoms with Gasteiger partial charge in [-0.15, -0.1) is 0 Å². The van der Waals surface area contributed by atoms with E-state index >= 15 is 0 Å². The van der Waals surface area contributed by atoms with E-state index in [9.17, 15) is 35.7 Å². The fraction of sp³-hybridized carbons (Fsp3) is 1.00. The second-order valence-corrected chi connectivity index (χ2v) is 15.5. The number of fused-ring (bicyclic) bond motifs is 6. The minimum absolute atomic E-state index is 0.0388. The van der Waals surface area contributed by atoms with Crippen LogP contribution in [0.3, 0.4) is 0 Å². The summed E-state index contributed by atoms with van der Waals surface area (Å²) >= 11 is 0. The third-order valence-electron chi connectivity index (χ3n) is 13.8. The SMILES string of the molecule is CC12CCC3C(C)(CO)C(O)CCC3(C)C1CCC1C3(C)CC(O)C(O)C(C)(CO)C3CC(O)C1(O)C2. The van der Waals surface area contributed by atoms with Gasteiger partial charge in [-0.1, -0.05) is 34.6 Å². The average molecular weight is 525 g/mol. The Morgan fingerprint density at radius 2 is 1.27 bits per heavy atom. The lowest BCUT2D eigenvalue weighted by molar-refractivity contribution is -0.275. The summed E-state index contributed by atoms with van der Waals surface area (Å²) < 4.78 is 0. The van der Waals surface area contributed by atoms with Crippen molar-refractivity contribution in [3.05, 3.63) is 0 Å². The molecule has 214 valence electrons. The third kappa shape index (κ3) is 3.50. The van der Waals surface area contributed by atoms with Crippen LogP contribution in [0.25, 0.3) is 0 Å². The van der Waals surface area contributed by atoms with Crippen LogP contribution in [0.15, 0.2) is 0 Å². The molecule has 14 atom stereocenters. The molecule has 5 aliphatic rings. The van der Waals surface area contributed by atoms with E-state index in [0.29, 0.717) is 32.1 Å². The molecule has 0 aromatic rings.